The van der Waals surface area contributed by atoms with E-state index in [2.05, 4.69) is 0 Å². The van der Waals surface area contributed by atoms with Crippen molar-refractivity contribution in [2.45, 2.75) is 0 Å². The van der Waals surface area contributed by atoms with Gasteiger partial charge in [0.2, 0.25) is 0 Å². The average Bonchev–Trinajstić information content (AvgIpc) is 4.18. The van der Waals surface area contributed by atoms with E-state index >= 15 is 0 Å². The minimum Gasteiger partial charge on any atom is -0.455 e. The van der Waals surface area contributed by atoms with Crippen LogP contribution < -0.4 is 4.90 Å². The molecule has 2 aromatic heterocycles. The Morgan fingerprint density at radius 3 is 1.84 bits per heavy atom. The van der Waals surface area contributed by atoms with Gasteiger partial charge in [-0.3, -0.25) is 0 Å². The fraction of sp³-hybridized carbons (Fsp3) is 0. The third kappa shape index (κ3) is 4.44. The summed E-state index contributed by atoms with van der Waals surface area (Å²) in [6.07, 6.45) is 0. The number of anilines is 3. The van der Waals surface area contributed by atoms with Gasteiger partial charge in [0.05, 0.1) is 52.2 Å². The summed E-state index contributed by atoms with van der Waals surface area (Å²) in [4.78, 5) is 0.387. The quantitative estimate of drug-likeness (QED) is 0.184. The lowest BCUT2D eigenvalue weighted by Crippen LogP contribution is -2.10. The van der Waals surface area contributed by atoms with Crippen LogP contribution in [0.2, 0.25) is 0 Å². The molecular weight excluding hydrogens is 597 g/mol. The highest BCUT2D eigenvalue weighted by atomic mass is 16.3. The number of hydrogen-bond donors (Lipinski definition) is 0. The lowest BCUT2D eigenvalue weighted by molar-refractivity contribution is 0.672. The summed E-state index contributed by atoms with van der Waals surface area (Å²) in [5, 5.41) is -3.79. The molecule has 0 aliphatic rings. The molecule has 230 valence electrons. The van der Waals surface area contributed by atoms with E-state index in [1.807, 2.05) is 0 Å². The monoisotopic (exact) mass is 656 g/mol. The molecule has 0 saturated carbocycles. The molecule has 10 rings (SSSR count). The van der Waals surface area contributed by atoms with Crippen LogP contribution in [0.3, 0.4) is 0 Å². The molecule has 2 heterocycles. The maximum absolute atomic E-state index is 10.1. The van der Waals surface area contributed by atoms with Crippen LogP contribution in [-0.4, -0.2) is 4.57 Å². The molecule has 0 amide bonds. The van der Waals surface area contributed by atoms with Crippen molar-refractivity contribution in [3.05, 3.63) is 181 Å². The van der Waals surface area contributed by atoms with Crippen LogP contribution in [0.1, 0.15) is 41.1 Å². The minimum absolute atomic E-state index is 0.387. The first-order valence-corrected chi connectivity index (χ1v) is 14.2. The van der Waals surface area contributed by atoms with Crippen molar-refractivity contribution in [1.82, 2.24) is 4.57 Å². The lowest BCUT2D eigenvalue weighted by Gasteiger charge is -2.26. The van der Waals surface area contributed by atoms with E-state index in [0.717, 1.165) is 0 Å². The van der Waals surface area contributed by atoms with Crippen molar-refractivity contribution in [2.24, 2.45) is 0 Å². The normalized spacial score (nSPS) is 20.2. The molecule has 3 heteroatoms. The SMILES string of the molecule is [2H]c1c([2H])c([2H])c(-c2c([2H])c([2H])c(N(c3c([2H])c([2H])c4c([2H])c([2H])c5c(oc6c([2H])c([2H])c([2H])c([2H])c65)c4c3[2H])c3c([2H])c([2H])c4c(c3[2H])c3c([2H])c([2H])c([2H])c([2H])c3n4-c3c([2H])c([2H])c([2H])c([2H])c3[2H])c([2H])c2[2H])c([2H])c1[2H]. The van der Waals surface area contributed by atoms with E-state index in [1.54, 1.807) is 0 Å². The van der Waals surface area contributed by atoms with Crippen molar-refractivity contribution >= 4 is 71.6 Å². The Morgan fingerprint density at radius 2 is 1.02 bits per heavy atom. The Bertz CT molecular complexity index is 4480. The van der Waals surface area contributed by atoms with Gasteiger partial charge in [-0.1, -0.05) is 109 Å². The fourth-order valence-electron chi connectivity index (χ4n) is 5.46. The number of benzene rings is 8. The summed E-state index contributed by atoms with van der Waals surface area (Å²) in [5.41, 5.74) is -8.61. The van der Waals surface area contributed by atoms with Crippen molar-refractivity contribution in [2.75, 3.05) is 4.90 Å². The van der Waals surface area contributed by atoms with Gasteiger partial charge in [0.1, 0.15) is 11.2 Å². The Labute approximate surface area is 325 Å². The van der Waals surface area contributed by atoms with E-state index in [0.29, 0.717) is 9.47 Å². The molecular formula is C46H30N2O. The third-order valence-electron chi connectivity index (χ3n) is 7.56. The van der Waals surface area contributed by atoms with Crippen LogP contribution in [0.15, 0.2) is 186 Å². The van der Waals surface area contributed by atoms with Gasteiger partial charge < -0.3 is 13.9 Å². The number of hydrogen-bond acceptors (Lipinski definition) is 2. The summed E-state index contributed by atoms with van der Waals surface area (Å²) in [5.74, 6) is 0. The van der Waals surface area contributed by atoms with E-state index in [9.17, 15) is 15.1 Å². The molecule has 0 spiro atoms. The van der Waals surface area contributed by atoms with Crippen molar-refractivity contribution in [1.29, 1.82) is 0 Å². The lowest BCUT2D eigenvalue weighted by atomic mass is 10.0. The molecule has 8 aromatic carbocycles. The molecule has 0 saturated heterocycles. The molecule has 10 aromatic rings. The molecule has 0 radical (unpaired) electrons. The average molecular weight is 657 g/mol. The largest absolute Gasteiger partial charge is 0.455 e. The highest BCUT2D eigenvalue weighted by molar-refractivity contribution is 6.16. The first-order valence-electron chi connectivity index (χ1n) is 29.2. The zero-order chi connectivity index (χ0) is 58.4. The number of aromatic nitrogens is 1. The second kappa shape index (κ2) is 11.0. The van der Waals surface area contributed by atoms with Gasteiger partial charge in [0.25, 0.3) is 0 Å². The third-order valence-corrected chi connectivity index (χ3v) is 7.56. The summed E-state index contributed by atoms with van der Waals surface area (Å²) in [6.45, 7) is 0. The standard InChI is InChI=1S/C46H30N2O/c1-3-11-31(12-4-1)32-19-23-35(24-20-32)47(36-25-21-33-22-27-40-39-16-8-10-18-45(39)49-46(40)41(33)29-36)37-26-28-44-42(30-37)38-15-7-9-17-43(38)48(44)34-13-5-2-6-14-34/h1-30H/i1D,2D,3D,4D,5D,6D,7D,8D,9D,10D,11D,12D,13D,14D,15D,16D,17D,18D,19D,20D,21D,22D,23D,24D,25D,26D,27D,28D,29D,30D. The van der Waals surface area contributed by atoms with Crippen LogP contribution in [0.5, 0.6) is 0 Å². The van der Waals surface area contributed by atoms with Crippen molar-refractivity contribution in [3.63, 3.8) is 0 Å². The van der Waals surface area contributed by atoms with Gasteiger partial charge in [-0.25, -0.2) is 0 Å². The Hall–Kier alpha value is -6.58. The van der Waals surface area contributed by atoms with E-state index < -0.39 is 270 Å². The molecule has 49 heavy (non-hydrogen) atoms. The highest BCUT2D eigenvalue weighted by Gasteiger charge is 2.19. The molecule has 0 aliphatic carbocycles. The van der Waals surface area contributed by atoms with Gasteiger partial charge in [-0.05, 0) is 89.0 Å². The van der Waals surface area contributed by atoms with Gasteiger partial charge in [-0.15, -0.1) is 0 Å². The maximum Gasteiger partial charge on any atom is 0.143 e. The van der Waals surface area contributed by atoms with E-state index in [1.165, 1.54) is 0 Å². The van der Waals surface area contributed by atoms with Gasteiger partial charge in [0, 0.05) is 49.7 Å². The number of furan rings is 1. The van der Waals surface area contributed by atoms with Gasteiger partial charge in [-0.2, -0.15) is 0 Å². The summed E-state index contributed by atoms with van der Waals surface area (Å²) in [6, 6.07) is -29.9. The van der Waals surface area contributed by atoms with Gasteiger partial charge >= 0.3 is 0 Å². The van der Waals surface area contributed by atoms with Crippen LogP contribution in [0.25, 0.3) is 71.3 Å². The van der Waals surface area contributed by atoms with Gasteiger partial charge in [0.15, 0.2) is 0 Å². The molecule has 3 nitrogen and oxygen atoms in total. The zero-order valence-electron chi connectivity index (χ0n) is 54.3. The molecule has 0 unspecified atom stereocenters. The molecule has 0 fully saturated rings. The Morgan fingerprint density at radius 1 is 0.429 bits per heavy atom. The summed E-state index contributed by atoms with van der Waals surface area (Å²) in [7, 11) is 0. The van der Waals surface area contributed by atoms with Crippen molar-refractivity contribution < 1.29 is 45.5 Å². The predicted molar refractivity (Wildman–Crippen MR) is 206 cm³/mol. The number of fused-ring (bicyclic) bond motifs is 8. The summed E-state index contributed by atoms with van der Waals surface area (Å²) >= 11 is 0. The first kappa shape index (κ1) is 11.0. The Balaban J connectivity index is 1.48. The smallest absolute Gasteiger partial charge is 0.143 e. The second-order valence-corrected chi connectivity index (χ2v) is 10.3. The predicted octanol–water partition coefficient (Wildman–Crippen LogP) is 13.0. The highest BCUT2D eigenvalue weighted by Crippen LogP contribution is 2.42. The minimum atomic E-state index is -1.26. The summed E-state index contributed by atoms with van der Waals surface area (Å²) < 4.78 is 276. The number of nitrogens with zero attached hydrogens (tertiary/aromatic N) is 2. The van der Waals surface area contributed by atoms with Crippen LogP contribution in [0, 0.1) is 0 Å². The first-order chi connectivity index (χ1) is 36.8. The van der Waals surface area contributed by atoms with E-state index in [4.69, 9.17) is 30.5 Å². The molecule has 0 atom stereocenters. The van der Waals surface area contributed by atoms with E-state index in [-0.39, 0.29) is 0 Å². The van der Waals surface area contributed by atoms with Crippen LogP contribution in [0.4, 0.5) is 17.1 Å². The van der Waals surface area contributed by atoms with Crippen LogP contribution >= 0.6 is 0 Å². The topological polar surface area (TPSA) is 21.3 Å². The molecule has 0 bridgehead atoms. The molecule has 0 aliphatic heterocycles. The number of rotatable bonds is 5. The zero-order valence-corrected chi connectivity index (χ0v) is 24.3. The van der Waals surface area contributed by atoms with Crippen LogP contribution in [-0.2, 0) is 0 Å². The fourth-order valence-corrected chi connectivity index (χ4v) is 5.46. The second-order valence-electron chi connectivity index (χ2n) is 10.3. The maximum atomic E-state index is 10.1. The molecule has 0 N–H and O–H groups in total. The van der Waals surface area contributed by atoms with Crippen molar-refractivity contribution in [3.8, 4) is 16.8 Å². The Kier molecular flexibility index (Phi) is 2.47. The number of para-hydroxylation sites is 3.